The quantitative estimate of drug-likeness (QED) is 0.267. The van der Waals surface area contributed by atoms with Crippen LogP contribution in [0.4, 0.5) is 5.69 Å². The van der Waals surface area contributed by atoms with Crippen LogP contribution in [0.5, 0.6) is 0 Å². The highest BCUT2D eigenvalue weighted by Crippen LogP contribution is 2.60. The number of hydrogen-bond donors (Lipinski definition) is 1. The highest BCUT2D eigenvalue weighted by molar-refractivity contribution is 7.92. The van der Waals surface area contributed by atoms with Gasteiger partial charge in [-0.2, -0.15) is 0 Å². The molecule has 0 heterocycles. The number of amides is 2. The lowest BCUT2D eigenvalue weighted by atomic mass is 9.48. The normalized spacial score (nSPS) is 25.4. The van der Waals surface area contributed by atoms with Crippen LogP contribution in [-0.4, -0.2) is 50.0 Å². The van der Waals surface area contributed by atoms with Gasteiger partial charge < -0.3 is 10.2 Å². The van der Waals surface area contributed by atoms with Gasteiger partial charge >= 0.3 is 0 Å². The monoisotopic (exact) mass is 661 g/mol. The summed E-state index contributed by atoms with van der Waals surface area (Å²) in [6.07, 6.45) is 9.86. The smallest absolute Gasteiger partial charge is 0.244 e. The minimum absolute atomic E-state index is 0.0354. The van der Waals surface area contributed by atoms with Gasteiger partial charge in [0.2, 0.25) is 21.8 Å². The fourth-order valence-corrected chi connectivity index (χ4v) is 9.64. The van der Waals surface area contributed by atoms with E-state index in [1.165, 1.54) is 49.0 Å². The predicted octanol–water partition coefficient (Wildman–Crippen LogP) is 6.95. The molecule has 7 nitrogen and oxygen atoms in total. The van der Waals surface area contributed by atoms with Gasteiger partial charge in [-0.1, -0.05) is 55.2 Å². The molecule has 4 aliphatic carbocycles. The molecule has 4 saturated carbocycles. The summed E-state index contributed by atoms with van der Waals surface area (Å²) in [6, 6.07) is 12.0. The summed E-state index contributed by atoms with van der Waals surface area (Å²) in [6.45, 7) is 5.21. The highest BCUT2D eigenvalue weighted by atomic mass is 35.5. The van der Waals surface area contributed by atoms with Crippen LogP contribution in [0, 0.1) is 17.8 Å². The Labute approximate surface area is 272 Å². The van der Waals surface area contributed by atoms with Gasteiger partial charge in [0.05, 0.1) is 11.9 Å². The molecule has 2 amide bonds. The van der Waals surface area contributed by atoms with Crippen molar-refractivity contribution in [2.75, 3.05) is 17.1 Å². The molecule has 6 rings (SSSR count). The Kier molecular flexibility index (Phi) is 9.93. The highest BCUT2D eigenvalue weighted by Gasteiger charge is 2.51. The maximum atomic E-state index is 14.1. The largest absolute Gasteiger partial charge is 0.352 e. The van der Waals surface area contributed by atoms with Crippen molar-refractivity contribution in [2.45, 2.75) is 96.2 Å². The molecule has 1 N–H and O–H groups in total. The molecule has 2 aromatic rings. The lowest BCUT2D eigenvalue weighted by Crippen LogP contribution is -2.53. The number of sulfonamides is 1. The van der Waals surface area contributed by atoms with Gasteiger partial charge in [-0.05, 0) is 111 Å². The molecule has 2 aromatic carbocycles. The SMILES string of the molecule is CCC(C)NC(=O)C(CC)N(Cc1c(Cl)cccc1Cl)C(=O)CN(c1ccc(C23CC4CC(CC(C4)C2)C3)cc1)S(C)(=O)=O. The van der Waals surface area contributed by atoms with E-state index < -0.39 is 28.5 Å². The number of benzene rings is 2. The first-order valence-electron chi connectivity index (χ1n) is 15.9. The van der Waals surface area contributed by atoms with Crippen LogP contribution in [0.15, 0.2) is 42.5 Å². The average molecular weight is 663 g/mol. The van der Waals surface area contributed by atoms with E-state index in [9.17, 15) is 18.0 Å². The molecule has 0 aliphatic heterocycles. The van der Waals surface area contributed by atoms with Crippen molar-refractivity contribution in [3.8, 4) is 0 Å². The van der Waals surface area contributed by atoms with Crippen LogP contribution >= 0.6 is 23.2 Å². The molecule has 4 bridgehead atoms. The molecule has 240 valence electrons. The summed E-state index contributed by atoms with van der Waals surface area (Å²) in [5.74, 6) is 1.58. The third-order valence-electron chi connectivity index (χ3n) is 10.3. The zero-order valence-electron chi connectivity index (χ0n) is 26.2. The van der Waals surface area contributed by atoms with E-state index in [-0.39, 0.29) is 23.9 Å². The summed E-state index contributed by atoms with van der Waals surface area (Å²) >= 11 is 13.0. The first-order valence-corrected chi connectivity index (χ1v) is 18.5. The fraction of sp³-hybridized carbons (Fsp3) is 0.588. The Morgan fingerprint density at radius 2 is 1.48 bits per heavy atom. The zero-order valence-corrected chi connectivity index (χ0v) is 28.5. The minimum Gasteiger partial charge on any atom is -0.352 e. The van der Waals surface area contributed by atoms with Gasteiger partial charge in [0.1, 0.15) is 12.6 Å². The van der Waals surface area contributed by atoms with Crippen molar-refractivity contribution in [1.82, 2.24) is 10.2 Å². The number of hydrogen-bond acceptors (Lipinski definition) is 4. The van der Waals surface area contributed by atoms with Gasteiger partial charge in [-0.25, -0.2) is 8.42 Å². The van der Waals surface area contributed by atoms with Crippen molar-refractivity contribution < 1.29 is 18.0 Å². The second-order valence-electron chi connectivity index (χ2n) is 13.5. The average Bonchev–Trinajstić information content (AvgIpc) is 2.96. The number of anilines is 1. The molecular formula is C34H45Cl2N3O4S. The maximum absolute atomic E-state index is 14.1. The third-order valence-corrected chi connectivity index (χ3v) is 12.1. The fourth-order valence-electron chi connectivity index (χ4n) is 8.27. The van der Waals surface area contributed by atoms with Crippen LogP contribution in [-0.2, 0) is 31.6 Å². The van der Waals surface area contributed by atoms with E-state index in [1.54, 1.807) is 18.2 Å². The summed E-state index contributed by atoms with van der Waals surface area (Å²) in [5.41, 5.74) is 2.40. The van der Waals surface area contributed by atoms with Gasteiger partial charge in [-0.3, -0.25) is 13.9 Å². The second-order valence-corrected chi connectivity index (χ2v) is 16.2. The first kappa shape index (κ1) is 33.1. The molecule has 0 radical (unpaired) electrons. The molecule has 0 spiro atoms. The first-order chi connectivity index (χ1) is 20.8. The van der Waals surface area contributed by atoms with E-state index in [0.29, 0.717) is 27.7 Å². The van der Waals surface area contributed by atoms with Gasteiger partial charge in [0.15, 0.2) is 0 Å². The molecule has 2 unspecified atom stereocenters. The number of carbonyl (C=O) groups is 2. The number of nitrogens with zero attached hydrogens (tertiary/aromatic N) is 2. The van der Waals surface area contributed by atoms with Crippen molar-refractivity contribution in [3.05, 3.63) is 63.6 Å². The van der Waals surface area contributed by atoms with Crippen LogP contribution in [0.1, 0.15) is 83.3 Å². The lowest BCUT2D eigenvalue weighted by Gasteiger charge is -2.57. The Balaban J connectivity index is 1.43. The molecule has 44 heavy (non-hydrogen) atoms. The summed E-state index contributed by atoms with van der Waals surface area (Å²) in [4.78, 5) is 28.9. The lowest BCUT2D eigenvalue weighted by molar-refractivity contribution is -0.140. The Bertz CT molecular complexity index is 1420. The van der Waals surface area contributed by atoms with Gasteiger partial charge in [0.25, 0.3) is 0 Å². The van der Waals surface area contributed by atoms with Crippen LogP contribution in [0.2, 0.25) is 10.0 Å². The van der Waals surface area contributed by atoms with Crippen LogP contribution in [0.25, 0.3) is 0 Å². The molecule has 4 aliphatic rings. The third kappa shape index (κ3) is 6.92. The second kappa shape index (κ2) is 13.2. The Morgan fingerprint density at radius 1 is 0.932 bits per heavy atom. The summed E-state index contributed by atoms with van der Waals surface area (Å²) in [5, 5.41) is 3.71. The predicted molar refractivity (Wildman–Crippen MR) is 177 cm³/mol. The van der Waals surface area contributed by atoms with E-state index in [4.69, 9.17) is 23.2 Å². The number of rotatable bonds is 12. The zero-order chi connectivity index (χ0) is 31.8. The van der Waals surface area contributed by atoms with Crippen molar-refractivity contribution in [2.24, 2.45) is 17.8 Å². The Morgan fingerprint density at radius 3 is 1.95 bits per heavy atom. The molecule has 4 fully saturated rings. The van der Waals surface area contributed by atoms with Crippen molar-refractivity contribution in [3.63, 3.8) is 0 Å². The van der Waals surface area contributed by atoms with Crippen molar-refractivity contribution in [1.29, 1.82) is 0 Å². The number of nitrogens with one attached hydrogen (secondary N) is 1. The topological polar surface area (TPSA) is 86.8 Å². The van der Waals surface area contributed by atoms with E-state index in [1.807, 2.05) is 32.9 Å². The summed E-state index contributed by atoms with van der Waals surface area (Å²) in [7, 11) is -3.84. The van der Waals surface area contributed by atoms with Crippen LogP contribution < -0.4 is 9.62 Å². The maximum Gasteiger partial charge on any atom is 0.244 e. The minimum atomic E-state index is -3.84. The van der Waals surface area contributed by atoms with Crippen LogP contribution in [0.3, 0.4) is 0 Å². The molecular weight excluding hydrogens is 617 g/mol. The van der Waals surface area contributed by atoms with Gasteiger partial charge in [0, 0.05) is 28.2 Å². The van der Waals surface area contributed by atoms with E-state index in [0.717, 1.165) is 34.7 Å². The molecule has 0 saturated heterocycles. The van der Waals surface area contributed by atoms with E-state index >= 15 is 0 Å². The van der Waals surface area contributed by atoms with Gasteiger partial charge in [-0.15, -0.1) is 0 Å². The summed E-state index contributed by atoms with van der Waals surface area (Å²) < 4.78 is 27.4. The molecule has 0 aromatic heterocycles. The Hall–Kier alpha value is -2.29. The molecule has 2 atom stereocenters. The molecule has 10 heteroatoms. The standard InChI is InChI=1S/C34H45Cl2N3O4S/c1-5-22(3)37-33(41)31(6-2)38(20-28-29(35)8-7-9-30(28)36)32(40)21-39(44(4,42)43)27-12-10-26(11-13-27)34-17-23-14-24(18-34)16-25(15-23)19-34/h7-13,22-25,31H,5-6,14-21H2,1-4H3,(H,37,41). The number of halogens is 2. The van der Waals surface area contributed by atoms with E-state index in [2.05, 4.69) is 17.4 Å². The number of carbonyl (C=O) groups excluding carboxylic acids is 2. The van der Waals surface area contributed by atoms with Crippen molar-refractivity contribution >= 4 is 50.7 Å².